The standard InChI is InChI=1S/C41H75N7O10/c1-30(49)27-45-18-19-46(28-31(2)50)22-24-48(25-23-47(21-20-45)29-36(53)56-39(3,4)5)33(38(55)58-41(9,10)11)15-16-34(51)43-26-35(52)44-32(14-12-13-17-42)37(54)57-40(6,7)8/h32-33H,12-29,42H2,1-11H3,(H,43,51)(H,44,52)/t32-,33?/m0/s1. The third kappa shape index (κ3) is 25.1. The molecule has 0 aliphatic carbocycles. The van der Waals surface area contributed by atoms with Gasteiger partial charge in [0.05, 0.1) is 26.2 Å². The third-order valence-corrected chi connectivity index (χ3v) is 8.72. The summed E-state index contributed by atoms with van der Waals surface area (Å²) in [6, 6.07) is -1.80. The first-order valence-electron chi connectivity index (χ1n) is 20.6. The first kappa shape index (κ1) is 52.5. The fourth-order valence-corrected chi connectivity index (χ4v) is 6.24. The molecule has 334 valence electrons. The largest absolute Gasteiger partial charge is 0.459 e. The monoisotopic (exact) mass is 826 g/mol. The second kappa shape index (κ2) is 25.2. The minimum atomic E-state index is -0.907. The highest BCUT2D eigenvalue weighted by molar-refractivity contribution is 5.88. The van der Waals surface area contributed by atoms with Gasteiger partial charge in [-0.15, -0.1) is 0 Å². The number of ketones is 2. The van der Waals surface area contributed by atoms with Crippen LogP contribution in [0.15, 0.2) is 0 Å². The number of nitrogens with one attached hydrogen (secondary N) is 2. The maximum Gasteiger partial charge on any atom is 0.329 e. The Bertz CT molecular complexity index is 1360. The lowest BCUT2D eigenvalue weighted by atomic mass is 10.1. The van der Waals surface area contributed by atoms with E-state index in [1.54, 1.807) is 62.3 Å². The minimum absolute atomic E-state index is 0.00303. The molecule has 0 aromatic rings. The average molecular weight is 826 g/mol. The molecular weight excluding hydrogens is 750 g/mol. The van der Waals surface area contributed by atoms with Crippen LogP contribution in [0.4, 0.5) is 0 Å². The van der Waals surface area contributed by atoms with Crippen molar-refractivity contribution in [2.24, 2.45) is 5.73 Å². The Morgan fingerprint density at radius 2 is 1.03 bits per heavy atom. The molecule has 17 heteroatoms. The van der Waals surface area contributed by atoms with Gasteiger partial charge in [0.25, 0.3) is 0 Å². The Morgan fingerprint density at radius 1 is 0.586 bits per heavy atom. The molecule has 2 amide bonds. The second-order valence-corrected chi connectivity index (χ2v) is 18.2. The van der Waals surface area contributed by atoms with Gasteiger partial charge in [-0.1, -0.05) is 0 Å². The highest BCUT2D eigenvalue weighted by Gasteiger charge is 2.33. The molecule has 58 heavy (non-hydrogen) atoms. The molecule has 0 saturated carbocycles. The summed E-state index contributed by atoms with van der Waals surface area (Å²) in [6.07, 6.45) is 1.51. The van der Waals surface area contributed by atoms with Crippen LogP contribution in [0, 0.1) is 0 Å². The van der Waals surface area contributed by atoms with Crippen molar-refractivity contribution in [2.45, 2.75) is 137 Å². The molecule has 2 atom stereocenters. The maximum atomic E-state index is 13.9. The van der Waals surface area contributed by atoms with Crippen LogP contribution in [-0.2, 0) is 47.8 Å². The van der Waals surface area contributed by atoms with Crippen LogP contribution in [0.25, 0.3) is 0 Å². The van der Waals surface area contributed by atoms with Gasteiger partial charge in [-0.2, -0.15) is 0 Å². The van der Waals surface area contributed by atoms with E-state index in [0.717, 1.165) is 0 Å². The summed E-state index contributed by atoms with van der Waals surface area (Å²) in [7, 11) is 0. The van der Waals surface area contributed by atoms with Crippen molar-refractivity contribution >= 4 is 41.3 Å². The van der Waals surface area contributed by atoms with Crippen LogP contribution in [-0.4, -0.2) is 175 Å². The molecular formula is C41H75N7O10. The van der Waals surface area contributed by atoms with Crippen LogP contribution in [0.1, 0.15) is 108 Å². The van der Waals surface area contributed by atoms with Gasteiger partial charge in [-0.25, -0.2) is 4.79 Å². The predicted molar refractivity (Wildman–Crippen MR) is 221 cm³/mol. The second-order valence-electron chi connectivity index (χ2n) is 18.2. The van der Waals surface area contributed by atoms with Crippen LogP contribution < -0.4 is 16.4 Å². The van der Waals surface area contributed by atoms with Crippen molar-refractivity contribution in [2.75, 3.05) is 85.1 Å². The van der Waals surface area contributed by atoms with E-state index in [0.29, 0.717) is 78.2 Å². The van der Waals surface area contributed by atoms with Gasteiger partial charge < -0.3 is 30.6 Å². The van der Waals surface area contributed by atoms with E-state index in [2.05, 4.69) is 10.6 Å². The van der Waals surface area contributed by atoms with Gasteiger partial charge in [0.2, 0.25) is 11.8 Å². The Labute approximate surface area is 346 Å². The van der Waals surface area contributed by atoms with Crippen molar-refractivity contribution < 1.29 is 47.8 Å². The van der Waals surface area contributed by atoms with Crippen molar-refractivity contribution in [1.29, 1.82) is 0 Å². The summed E-state index contributed by atoms with van der Waals surface area (Å²) < 4.78 is 17.0. The fourth-order valence-electron chi connectivity index (χ4n) is 6.24. The van der Waals surface area contributed by atoms with E-state index >= 15 is 0 Å². The van der Waals surface area contributed by atoms with E-state index in [-0.39, 0.29) is 44.0 Å². The van der Waals surface area contributed by atoms with Crippen molar-refractivity contribution in [3.8, 4) is 0 Å². The molecule has 1 unspecified atom stereocenters. The number of ether oxygens (including phenoxy) is 3. The molecule has 0 bridgehead atoms. The zero-order chi connectivity index (χ0) is 44.3. The number of nitrogens with two attached hydrogens (primary N) is 1. The molecule has 17 nitrogen and oxygen atoms in total. The van der Waals surface area contributed by atoms with Crippen LogP contribution in [0.2, 0.25) is 0 Å². The van der Waals surface area contributed by atoms with Crippen molar-refractivity contribution in [3.05, 3.63) is 0 Å². The summed E-state index contributed by atoms with van der Waals surface area (Å²) >= 11 is 0. The topological polar surface area (TPSA) is 210 Å². The van der Waals surface area contributed by atoms with Gasteiger partial charge >= 0.3 is 17.9 Å². The Kier molecular flexibility index (Phi) is 22.8. The first-order chi connectivity index (χ1) is 26.8. The van der Waals surface area contributed by atoms with Gasteiger partial charge in [-0.3, -0.25) is 48.4 Å². The molecule has 1 fully saturated rings. The highest BCUT2D eigenvalue weighted by Crippen LogP contribution is 2.17. The number of hydrogen-bond acceptors (Lipinski definition) is 15. The lowest BCUT2D eigenvalue weighted by Gasteiger charge is -2.37. The summed E-state index contributed by atoms with van der Waals surface area (Å²) in [5, 5.41) is 5.28. The first-order valence-corrected chi connectivity index (χ1v) is 20.6. The number of nitrogens with zero attached hydrogens (tertiary/aromatic N) is 4. The predicted octanol–water partition coefficient (Wildman–Crippen LogP) is 1.29. The fraction of sp³-hybridized carbons (Fsp3) is 0.829. The molecule has 0 radical (unpaired) electrons. The molecule has 1 aliphatic rings. The Balaban J connectivity index is 3.32. The van der Waals surface area contributed by atoms with Crippen LogP contribution >= 0.6 is 0 Å². The van der Waals surface area contributed by atoms with E-state index in [1.807, 2.05) is 19.6 Å². The highest BCUT2D eigenvalue weighted by atomic mass is 16.6. The summed E-state index contributed by atoms with van der Waals surface area (Å²) in [5.41, 5.74) is 3.34. The molecule has 1 aliphatic heterocycles. The molecule has 1 heterocycles. The molecule has 0 spiro atoms. The zero-order valence-electron chi connectivity index (χ0n) is 37.3. The van der Waals surface area contributed by atoms with Crippen LogP contribution in [0.5, 0.6) is 0 Å². The molecule has 1 rings (SSSR count). The summed E-state index contributed by atoms with van der Waals surface area (Å²) in [6.45, 7) is 22.6. The number of carbonyl (C=O) groups is 7. The summed E-state index contributed by atoms with van der Waals surface area (Å²) in [5.74, 6) is -2.59. The average Bonchev–Trinajstić information content (AvgIpc) is 3.04. The van der Waals surface area contributed by atoms with Crippen LogP contribution in [0.3, 0.4) is 0 Å². The van der Waals surface area contributed by atoms with E-state index in [4.69, 9.17) is 19.9 Å². The number of hydrogen-bond donors (Lipinski definition) is 3. The van der Waals surface area contributed by atoms with E-state index < -0.39 is 65.2 Å². The lowest BCUT2D eigenvalue weighted by molar-refractivity contribution is -0.163. The SMILES string of the molecule is CC(=O)CN1CCN(CC(C)=O)CCN(C(CCC(=O)NCC(=O)N[C@@H](CCCCN)C(=O)OC(C)(C)C)C(=O)OC(C)(C)C)CCN(CC(=O)OC(C)(C)C)CC1. The number of esters is 3. The normalized spacial score (nSPS) is 17.2. The quantitative estimate of drug-likeness (QED) is 0.0953. The van der Waals surface area contributed by atoms with Gasteiger partial charge in [0.1, 0.15) is 40.5 Å². The molecule has 0 aromatic carbocycles. The van der Waals surface area contributed by atoms with Gasteiger partial charge in [0, 0.05) is 58.8 Å². The summed E-state index contributed by atoms with van der Waals surface area (Å²) in [4.78, 5) is 98.3. The maximum absolute atomic E-state index is 13.9. The van der Waals surface area contributed by atoms with Crippen molar-refractivity contribution in [1.82, 2.24) is 30.2 Å². The number of unbranched alkanes of at least 4 members (excludes halogenated alkanes) is 1. The van der Waals surface area contributed by atoms with Gasteiger partial charge in [-0.05, 0) is 108 Å². The zero-order valence-corrected chi connectivity index (χ0v) is 37.3. The molecule has 1 saturated heterocycles. The third-order valence-electron chi connectivity index (χ3n) is 8.72. The number of rotatable bonds is 19. The minimum Gasteiger partial charge on any atom is -0.459 e. The van der Waals surface area contributed by atoms with Crippen molar-refractivity contribution in [3.63, 3.8) is 0 Å². The smallest absolute Gasteiger partial charge is 0.329 e. The number of carbonyl (C=O) groups excluding carboxylic acids is 7. The molecule has 0 aromatic heterocycles. The lowest BCUT2D eigenvalue weighted by Crippen LogP contribution is -2.53. The number of amides is 2. The van der Waals surface area contributed by atoms with E-state index in [1.165, 1.54) is 13.8 Å². The number of Topliss-reactive ketones (excluding diaryl/α,β-unsaturated/α-hetero) is 2. The van der Waals surface area contributed by atoms with E-state index in [9.17, 15) is 33.6 Å². The van der Waals surface area contributed by atoms with Gasteiger partial charge in [0.15, 0.2) is 0 Å². The molecule has 4 N–H and O–H groups in total. The Hall–Kier alpha value is -3.51. The Morgan fingerprint density at radius 3 is 1.48 bits per heavy atom.